The fourth-order valence-corrected chi connectivity index (χ4v) is 5.85. The Labute approximate surface area is 272 Å². The molecule has 46 heavy (non-hydrogen) atoms. The Hall–Kier alpha value is -3.85. The molecule has 1 N–H and O–H groups in total. The normalized spacial score (nSPS) is 21.9. The van der Waals surface area contributed by atoms with Crippen LogP contribution in [-0.4, -0.2) is 48.2 Å². The molecule has 5 rings (SSSR count). The number of carboxylic acids is 1. The summed E-state index contributed by atoms with van der Waals surface area (Å²) >= 11 is 0. The van der Waals surface area contributed by atoms with Gasteiger partial charge in [-0.05, 0) is 34.6 Å². The Balaban J connectivity index is 1.44. The minimum atomic E-state index is -0.839. The van der Waals surface area contributed by atoms with E-state index < -0.39 is 36.5 Å². The highest BCUT2D eigenvalue weighted by molar-refractivity contribution is 5.66. The van der Waals surface area contributed by atoms with Gasteiger partial charge in [0.2, 0.25) is 0 Å². The second kappa shape index (κ2) is 17.7. The van der Waals surface area contributed by atoms with Crippen LogP contribution in [-0.2, 0) is 54.9 Å². The average Bonchev–Trinajstić information content (AvgIpc) is 3.08. The van der Waals surface area contributed by atoms with Gasteiger partial charge in [-0.25, -0.2) is 0 Å². The molecule has 4 aromatic rings. The predicted molar refractivity (Wildman–Crippen MR) is 176 cm³/mol. The number of hydrogen-bond donors (Lipinski definition) is 1. The van der Waals surface area contributed by atoms with Gasteiger partial charge < -0.3 is 28.8 Å². The Kier molecular flexibility index (Phi) is 12.9. The molecule has 0 unspecified atom stereocenters. The van der Waals surface area contributed by atoms with Crippen LogP contribution in [0.3, 0.4) is 0 Å². The largest absolute Gasteiger partial charge is 0.481 e. The Morgan fingerprint density at radius 1 is 0.609 bits per heavy atom. The zero-order chi connectivity index (χ0) is 32.0. The van der Waals surface area contributed by atoms with Gasteiger partial charge in [0.05, 0.1) is 39.1 Å². The molecule has 6 atom stereocenters. The lowest BCUT2D eigenvalue weighted by Gasteiger charge is -2.47. The number of carboxylic acid groups (broad SMARTS) is 1. The summed E-state index contributed by atoms with van der Waals surface area (Å²) in [7, 11) is 0. The Morgan fingerprint density at radius 3 is 1.43 bits per heavy atom. The van der Waals surface area contributed by atoms with E-state index in [-0.39, 0.29) is 18.9 Å². The maximum atomic E-state index is 11.6. The highest BCUT2D eigenvalue weighted by Crippen LogP contribution is 2.34. The SMILES string of the molecule is C[C@H](CC(=O)O)C[C@@H]1O[C@H](COCc2ccccc2)[C@H](OCc2ccccc2)[C@H](OCc2ccccc2)[C@H]1OCc1ccccc1. The summed E-state index contributed by atoms with van der Waals surface area (Å²) in [5.41, 5.74) is 4.15. The first kappa shape index (κ1) is 33.5. The lowest BCUT2D eigenvalue weighted by molar-refractivity contribution is -0.275. The molecule has 0 spiro atoms. The maximum absolute atomic E-state index is 11.6. The molecule has 0 saturated carbocycles. The second-order valence-corrected chi connectivity index (χ2v) is 11.9. The van der Waals surface area contributed by atoms with E-state index in [0.29, 0.717) is 32.8 Å². The van der Waals surface area contributed by atoms with Crippen molar-refractivity contribution in [3.63, 3.8) is 0 Å². The highest BCUT2D eigenvalue weighted by Gasteiger charge is 2.48. The molecule has 0 bridgehead atoms. The number of hydrogen-bond acceptors (Lipinski definition) is 6. The van der Waals surface area contributed by atoms with Crippen LogP contribution >= 0.6 is 0 Å². The molecule has 0 amide bonds. The first-order chi connectivity index (χ1) is 22.5. The lowest BCUT2D eigenvalue weighted by Crippen LogP contribution is -2.61. The van der Waals surface area contributed by atoms with Crippen molar-refractivity contribution in [3.8, 4) is 0 Å². The zero-order valence-electron chi connectivity index (χ0n) is 26.4. The fourth-order valence-electron chi connectivity index (χ4n) is 5.85. The first-order valence-electron chi connectivity index (χ1n) is 16.0. The van der Waals surface area contributed by atoms with Crippen molar-refractivity contribution in [2.45, 2.75) is 76.7 Å². The van der Waals surface area contributed by atoms with Crippen LogP contribution < -0.4 is 0 Å². The standard InChI is InChI=1S/C39H44O7/c1-29(23-36(40)41)22-34-37(43-25-31-16-8-3-9-17-31)39(45-27-33-20-12-5-13-21-33)38(44-26-32-18-10-4-11-19-32)35(46-34)28-42-24-30-14-6-2-7-15-30/h2-21,29,34-35,37-39H,22-28H2,1H3,(H,40,41)/t29-,34-,35+,37-,38-,39+/m0/s1. The van der Waals surface area contributed by atoms with Crippen LogP contribution in [0.2, 0.25) is 0 Å². The topological polar surface area (TPSA) is 83.5 Å². The van der Waals surface area contributed by atoms with Gasteiger partial charge in [0, 0.05) is 6.42 Å². The van der Waals surface area contributed by atoms with Gasteiger partial charge in [-0.1, -0.05) is 128 Å². The van der Waals surface area contributed by atoms with Gasteiger partial charge in [-0.2, -0.15) is 0 Å². The number of ether oxygens (including phenoxy) is 5. The van der Waals surface area contributed by atoms with Crippen LogP contribution in [0.1, 0.15) is 42.0 Å². The van der Waals surface area contributed by atoms with E-state index in [9.17, 15) is 9.90 Å². The summed E-state index contributed by atoms with van der Waals surface area (Å²) in [5, 5.41) is 9.55. The highest BCUT2D eigenvalue weighted by atomic mass is 16.6. The van der Waals surface area contributed by atoms with Gasteiger partial charge in [-0.15, -0.1) is 0 Å². The third-order valence-corrected chi connectivity index (χ3v) is 8.14. The minimum absolute atomic E-state index is 0.0317. The maximum Gasteiger partial charge on any atom is 0.303 e. The quantitative estimate of drug-likeness (QED) is 0.133. The molecule has 0 aromatic heterocycles. The van der Waals surface area contributed by atoms with Crippen LogP contribution in [0, 0.1) is 5.92 Å². The summed E-state index contributed by atoms with van der Waals surface area (Å²) in [6.07, 6.45) is -1.97. The molecule has 1 fully saturated rings. The summed E-state index contributed by atoms with van der Waals surface area (Å²) in [4.78, 5) is 11.6. The summed E-state index contributed by atoms with van der Waals surface area (Å²) in [6.45, 7) is 3.71. The Bertz CT molecular complexity index is 1420. The van der Waals surface area contributed by atoms with Crippen molar-refractivity contribution in [1.29, 1.82) is 0 Å². The van der Waals surface area contributed by atoms with Crippen LogP contribution in [0.25, 0.3) is 0 Å². The third kappa shape index (κ3) is 10.3. The molecule has 0 radical (unpaired) electrons. The molecule has 7 heteroatoms. The molecular formula is C39H44O7. The van der Waals surface area contributed by atoms with Crippen molar-refractivity contribution in [3.05, 3.63) is 144 Å². The summed E-state index contributed by atoms with van der Waals surface area (Å²) < 4.78 is 33.2. The molecule has 0 aliphatic carbocycles. The van der Waals surface area contributed by atoms with Crippen LogP contribution in [0.15, 0.2) is 121 Å². The smallest absolute Gasteiger partial charge is 0.303 e. The van der Waals surface area contributed by atoms with Gasteiger partial charge in [-0.3, -0.25) is 4.79 Å². The van der Waals surface area contributed by atoms with Crippen LogP contribution in [0.4, 0.5) is 0 Å². The predicted octanol–water partition coefficient (Wildman–Crippen LogP) is 7.23. The Morgan fingerprint density at radius 2 is 1.00 bits per heavy atom. The monoisotopic (exact) mass is 624 g/mol. The molecule has 242 valence electrons. The number of carbonyl (C=O) groups is 1. The molecule has 7 nitrogen and oxygen atoms in total. The van der Waals surface area contributed by atoms with E-state index in [2.05, 4.69) is 0 Å². The van der Waals surface area contributed by atoms with E-state index in [0.717, 1.165) is 22.3 Å². The van der Waals surface area contributed by atoms with Gasteiger partial charge in [0.15, 0.2) is 0 Å². The van der Waals surface area contributed by atoms with E-state index in [1.54, 1.807) is 0 Å². The number of rotatable bonds is 17. The zero-order valence-corrected chi connectivity index (χ0v) is 26.4. The van der Waals surface area contributed by atoms with Crippen molar-refractivity contribution in [2.24, 2.45) is 5.92 Å². The van der Waals surface area contributed by atoms with E-state index in [1.807, 2.05) is 128 Å². The summed E-state index contributed by atoms with van der Waals surface area (Å²) in [5.74, 6) is -0.985. The van der Waals surface area contributed by atoms with Gasteiger partial charge in [0.25, 0.3) is 0 Å². The van der Waals surface area contributed by atoms with Crippen molar-refractivity contribution >= 4 is 5.97 Å². The van der Waals surface area contributed by atoms with Crippen molar-refractivity contribution in [2.75, 3.05) is 6.61 Å². The number of benzene rings is 4. The minimum Gasteiger partial charge on any atom is -0.481 e. The fraction of sp³-hybridized carbons (Fsp3) is 0.359. The average molecular weight is 625 g/mol. The summed E-state index contributed by atoms with van der Waals surface area (Å²) in [6, 6.07) is 40.1. The molecule has 1 saturated heterocycles. The van der Waals surface area contributed by atoms with Crippen LogP contribution in [0.5, 0.6) is 0 Å². The van der Waals surface area contributed by atoms with Gasteiger partial charge in [0.1, 0.15) is 24.4 Å². The molecule has 4 aromatic carbocycles. The first-order valence-corrected chi connectivity index (χ1v) is 16.0. The molecule has 1 aliphatic rings. The number of aliphatic carboxylic acids is 1. The van der Waals surface area contributed by atoms with E-state index in [1.165, 1.54) is 0 Å². The van der Waals surface area contributed by atoms with Crippen molar-refractivity contribution < 1.29 is 33.6 Å². The third-order valence-electron chi connectivity index (χ3n) is 8.14. The molecule has 1 heterocycles. The second-order valence-electron chi connectivity index (χ2n) is 11.9. The lowest BCUT2D eigenvalue weighted by atomic mass is 9.88. The molecule has 1 aliphatic heterocycles. The van der Waals surface area contributed by atoms with Gasteiger partial charge >= 0.3 is 5.97 Å². The van der Waals surface area contributed by atoms with Crippen molar-refractivity contribution in [1.82, 2.24) is 0 Å². The molecular weight excluding hydrogens is 580 g/mol. The van der Waals surface area contributed by atoms with E-state index in [4.69, 9.17) is 23.7 Å². The van der Waals surface area contributed by atoms with E-state index >= 15 is 0 Å².